The monoisotopic (exact) mass is 460 g/mol. The lowest BCUT2D eigenvalue weighted by atomic mass is 9.86. The number of nitrogens with one attached hydrogen (secondary N) is 1. The molecule has 34 heavy (non-hydrogen) atoms. The minimum Gasteiger partial charge on any atom is -0.338 e. The predicted molar refractivity (Wildman–Crippen MR) is 133 cm³/mol. The molecule has 1 aromatic heterocycles. The summed E-state index contributed by atoms with van der Waals surface area (Å²) in [6, 6.07) is 21.0. The summed E-state index contributed by atoms with van der Waals surface area (Å²) in [5, 5.41) is 2.95. The maximum Gasteiger partial charge on any atom is 0.318 e. The van der Waals surface area contributed by atoms with E-state index in [0.29, 0.717) is 25.6 Å². The van der Waals surface area contributed by atoms with Gasteiger partial charge in [0.2, 0.25) is 0 Å². The molecule has 2 aromatic carbocycles. The van der Waals surface area contributed by atoms with Crippen molar-refractivity contribution >= 4 is 6.03 Å². The van der Waals surface area contributed by atoms with Crippen molar-refractivity contribution in [3.8, 4) is 0 Å². The molecule has 2 heterocycles. The Hall–Kier alpha value is -3.25. The summed E-state index contributed by atoms with van der Waals surface area (Å²) in [4.78, 5) is 21.5. The third-order valence-electron chi connectivity index (χ3n) is 6.46. The highest BCUT2D eigenvalue weighted by Gasteiger charge is 2.24. The van der Waals surface area contributed by atoms with Gasteiger partial charge in [-0.05, 0) is 79.7 Å². The first-order valence-corrected chi connectivity index (χ1v) is 12.1. The van der Waals surface area contributed by atoms with Crippen molar-refractivity contribution in [1.82, 2.24) is 20.1 Å². The molecule has 0 spiro atoms. The summed E-state index contributed by atoms with van der Waals surface area (Å²) in [7, 11) is 0. The van der Waals surface area contributed by atoms with Crippen LogP contribution in [0.15, 0.2) is 72.9 Å². The number of hydrogen-bond acceptors (Lipinski definition) is 3. The number of carbonyl (C=O) groups excluding carboxylic acids is 1. The molecule has 1 aliphatic heterocycles. The zero-order valence-corrected chi connectivity index (χ0v) is 19.8. The van der Waals surface area contributed by atoms with Crippen LogP contribution in [0.25, 0.3) is 0 Å². The standard InChI is InChI=1S/C28H33FN4O/c1-2-30-28(34)33(21-26-8-5-6-16-31-26)20-24-7-3-4-9-27(24)23-14-17-32(18-15-23)19-22-10-12-25(29)13-11-22/h3-13,16,23H,2,14-15,17-21H2,1H3,(H,30,34). The summed E-state index contributed by atoms with van der Waals surface area (Å²) in [5.74, 6) is 0.273. The molecular weight excluding hydrogens is 427 g/mol. The third-order valence-corrected chi connectivity index (χ3v) is 6.46. The Labute approximate surface area is 201 Å². The van der Waals surface area contributed by atoms with E-state index in [4.69, 9.17) is 0 Å². The molecule has 0 atom stereocenters. The van der Waals surface area contributed by atoms with Gasteiger partial charge < -0.3 is 10.2 Å². The molecule has 0 bridgehead atoms. The van der Waals surface area contributed by atoms with E-state index in [1.165, 1.54) is 23.3 Å². The lowest BCUT2D eigenvalue weighted by Crippen LogP contribution is -2.39. The minimum absolute atomic E-state index is 0.0722. The molecule has 1 N–H and O–H groups in total. The number of piperidine rings is 1. The first kappa shape index (κ1) is 23.9. The number of carbonyl (C=O) groups is 1. The van der Waals surface area contributed by atoms with Gasteiger partial charge in [0.25, 0.3) is 0 Å². The smallest absolute Gasteiger partial charge is 0.318 e. The van der Waals surface area contributed by atoms with Crippen LogP contribution >= 0.6 is 0 Å². The quantitative estimate of drug-likeness (QED) is 0.494. The molecule has 0 radical (unpaired) electrons. The van der Waals surface area contributed by atoms with Crippen LogP contribution in [0.5, 0.6) is 0 Å². The number of amides is 2. The van der Waals surface area contributed by atoms with Crippen LogP contribution < -0.4 is 5.32 Å². The summed E-state index contributed by atoms with van der Waals surface area (Å²) >= 11 is 0. The molecule has 0 aliphatic carbocycles. The fraction of sp³-hybridized carbons (Fsp3) is 0.357. The summed E-state index contributed by atoms with van der Waals surface area (Å²) in [6.45, 7) is 6.40. The normalized spacial score (nSPS) is 14.6. The lowest BCUT2D eigenvalue weighted by molar-refractivity contribution is 0.190. The maximum atomic E-state index is 13.2. The van der Waals surface area contributed by atoms with Gasteiger partial charge in [-0.1, -0.05) is 42.5 Å². The highest BCUT2D eigenvalue weighted by molar-refractivity contribution is 5.74. The topological polar surface area (TPSA) is 48.5 Å². The van der Waals surface area contributed by atoms with Crippen molar-refractivity contribution < 1.29 is 9.18 Å². The van der Waals surface area contributed by atoms with E-state index in [0.717, 1.165) is 43.7 Å². The van der Waals surface area contributed by atoms with Gasteiger partial charge in [-0.2, -0.15) is 0 Å². The Morgan fingerprint density at radius 1 is 1.03 bits per heavy atom. The maximum absolute atomic E-state index is 13.2. The van der Waals surface area contributed by atoms with E-state index in [1.54, 1.807) is 6.20 Å². The second-order valence-corrected chi connectivity index (χ2v) is 8.89. The van der Waals surface area contributed by atoms with E-state index >= 15 is 0 Å². The fourth-order valence-corrected chi connectivity index (χ4v) is 4.68. The van der Waals surface area contributed by atoms with Gasteiger partial charge in [-0.3, -0.25) is 9.88 Å². The lowest BCUT2D eigenvalue weighted by Gasteiger charge is -2.33. The molecule has 3 aromatic rings. The first-order chi connectivity index (χ1) is 16.6. The number of aromatic nitrogens is 1. The van der Waals surface area contributed by atoms with Gasteiger partial charge in [-0.25, -0.2) is 9.18 Å². The molecule has 2 amide bonds. The molecule has 5 nitrogen and oxygen atoms in total. The average molecular weight is 461 g/mol. The van der Waals surface area contributed by atoms with Crippen molar-refractivity contribution in [1.29, 1.82) is 0 Å². The number of rotatable bonds is 8. The molecule has 6 heteroatoms. The Morgan fingerprint density at radius 3 is 2.47 bits per heavy atom. The van der Waals surface area contributed by atoms with E-state index in [9.17, 15) is 9.18 Å². The largest absolute Gasteiger partial charge is 0.338 e. The van der Waals surface area contributed by atoms with Crippen LogP contribution in [-0.4, -0.2) is 40.4 Å². The van der Waals surface area contributed by atoms with Gasteiger partial charge in [0.1, 0.15) is 5.82 Å². The van der Waals surface area contributed by atoms with Crippen molar-refractivity contribution in [2.45, 2.75) is 45.3 Å². The SMILES string of the molecule is CCNC(=O)N(Cc1ccccn1)Cc1ccccc1C1CCN(Cc2ccc(F)cc2)CC1. The van der Waals surface area contributed by atoms with Crippen molar-refractivity contribution in [3.05, 3.63) is 101 Å². The number of likely N-dealkylation sites (tertiary alicyclic amines) is 1. The molecule has 1 fully saturated rings. The van der Waals surface area contributed by atoms with Crippen LogP contribution in [0.1, 0.15) is 48.1 Å². The van der Waals surface area contributed by atoms with Crippen molar-refractivity contribution in [2.24, 2.45) is 0 Å². The molecule has 0 saturated carbocycles. The van der Waals surface area contributed by atoms with Crippen molar-refractivity contribution in [2.75, 3.05) is 19.6 Å². The van der Waals surface area contributed by atoms with Crippen LogP contribution in [0.2, 0.25) is 0 Å². The van der Waals surface area contributed by atoms with Crippen LogP contribution in [0, 0.1) is 5.82 Å². The zero-order valence-electron chi connectivity index (χ0n) is 19.8. The van der Waals surface area contributed by atoms with E-state index in [-0.39, 0.29) is 11.8 Å². The Balaban J connectivity index is 1.43. The van der Waals surface area contributed by atoms with Gasteiger partial charge in [0, 0.05) is 25.8 Å². The number of hydrogen-bond donors (Lipinski definition) is 1. The highest BCUT2D eigenvalue weighted by Crippen LogP contribution is 2.31. The number of pyridine rings is 1. The first-order valence-electron chi connectivity index (χ1n) is 12.1. The molecule has 4 rings (SSSR count). The molecule has 178 valence electrons. The molecular formula is C28H33FN4O. The van der Waals surface area contributed by atoms with E-state index in [2.05, 4.69) is 39.5 Å². The van der Waals surface area contributed by atoms with E-state index < -0.39 is 0 Å². The Kier molecular flexibility index (Phi) is 8.26. The number of benzene rings is 2. The average Bonchev–Trinajstić information content (AvgIpc) is 2.87. The second-order valence-electron chi connectivity index (χ2n) is 8.89. The minimum atomic E-state index is -0.191. The number of nitrogens with zero attached hydrogens (tertiary/aromatic N) is 3. The number of urea groups is 1. The van der Waals surface area contributed by atoms with Gasteiger partial charge in [0.05, 0.1) is 12.2 Å². The van der Waals surface area contributed by atoms with Crippen LogP contribution in [-0.2, 0) is 19.6 Å². The highest BCUT2D eigenvalue weighted by atomic mass is 19.1. The summed E-state index contributed by atoms with van der Waals surface area (Å²) in [6.07, 6.45) is 3.90. The molecule has 1 saturated heterocycles. The molecule has 0 unspecified atom stereocenters. The van der Waals surface area contributed by atoms with E-state index in [1.807, 2.05) is 42.2 Å². The van der Waals surface area contributed by atoms with Crippen molar-refractivity contribution in [3.63, 3.8) is 0 Å². The van der Waals surface area contributed by atoms with Gasteiger partial charge in [0.15, 0.2) is 0 Å². The second kappa shape index (κ2) is 11.7. The zero-order chi connectivity index (χ0) is 23.8. The Bertz CT molecular complexity index is 1050. The third kappa shape index (κ3) is 6.41. The van der Waals surface area contributed by atoms with Crippen LogP contribution in [0.4, 0.5) is 9.18 Å². The van der Waals surface area contributed by atoms with Gasteiger partial charge in [-0.15, -0.1) is 0 Å². The summed E-state index contributed by atoms with van der Waals surface area (Å²) in [5.41, 5.74) is 4.55. The number of halogens is 1. The predicted octanol–water partition coefficient (Wildman–Crippen LogP) is 5.33. The van der Waals surface area contributed by atoms with Crippen LogP contribution in [0.3, 0.4) is 0 Å². The molecule has 1 aliphatic rings. The fourth-order valence-electron chi connectivity index (χ4n) is 4.68. The Morgan fingerprint density at radius 2 is 1.76 bits per heavy atom. The summed E-state index contributed by atoms with van der Waals surface area (Å²) < 4.78 is 13.2. The van der Waals surface area contributed by atoms with Gasteiger partial charge >= 0.3 is 6.03 Å².